The van der Waals surface area contributed by atoms with Gasteiger partial charge in [-0.2, -0.15) is 0 Å². The van der Waals surface area contributed by atoms with Crippen LogP contribution in [0.2, 0.25) is 0 Å². The molecule has 4 nitrogen and oxygen atoms in total. The Kier molecular flexibility index (Phi) is 9.92. The fourth-order valence-corrected chi connectivity index (χ4v) is 1.28. The lowest BCUT2D eigenvalue weighted by atomic mass is 10.1. The quantitative estimate of drug-likeness (QED) is 0.557. The van der Waals surface area contributed by atoms with E-state index in [1.54, 1.807) is 0 Å². The minimum absolute atomic E-state index is 0.0912. The van der Waals surface area contributed by atoms with Crippen LogP contribution in [-0.2, 0) is 9.47 Å². The SMILES string of the molecule is CC(N)CCCCOCC(C)OCC(C)N. The van der Waals surface area contributed by atoms with Crippen LogP contribution in [0.1, 0.15) is 40.0 Å². The molecule has 0 spiro atoms. The number of ether oxygens (including phenoxy) is 2. The number of hydrogen-bond donors (Lipinski definition) is 2. The van der Waals surface area contributed by atoms with Crippen molar-refractivity contribution in [3.63, 3.8) is 0 Å². The molecule has 0 aromatic carbocycles. The fraction of sp³-hybridized carbons (Fsp3) is 1.00. The molecule has 0 radical (unpaired) electrons. The van der Waals surface area contributed by atoms with Gasteiger partial charge in [0.15, 0.2) is 0 Å². The van der Waals surface area contributed by atoms with Crippen LogP contribution in [0.3, 0.4) is 0 Å². The maximum Gasteiger partial charge on any atom is 0.0781 e. The predicted octanol–water partition coefficient (Wildman–Crippen LogP) is 1.27. The first kappa shape index (κ1) is 15.8. The molecule has 0 aromatic heterocycles. The molecular weight excluding hydrogens is 204 g/mol. The Hall–Kier alpha value is -0.160. The highest BCUT2D eigenvalue weighted by atomic mass is 16.5. The number of hydrogen-bond acceptors (Lipinski definition) is 4. The van der Waals surface area contributed by atoms with E-state index in [-0.39, 0.29) is 12.1 Å². The second kappa shape index (κ2) is 10.0. The second-order valence-electron chi connectivity index (χ2n) is 4.67. The summed E-state index contributed by atoms with van der Waals surface area (Å²) in [5.41, 5.74) is 11.2. The van der Waals surface area contributed by atoms with Crippen molar-refractivity contribution >= 4 is 0 Å². The number of rotatable bonds is 10. The summed E-state index contributed by atoms with van der Waals surface area (Å²) in [4.78, 5) is 0. The zero-order valence-electron chi connectivity index (χ0n) is 10.9. The van der Waals surface area contributed by atoms with Crippen molar-refractivity contribution in [1.29, 1.82) is 0 Å². The van der Waals surface area contributed by atoms with Crippen molar-refractivity contribution in [3.8, 4) is 0 Å². The summed E-state index contributed by atoms with van der Waals surface area (Å²) in [6.07, 6.45) is 3.40. The van der Waals surface area contributed by atoms with Crippen LogP contribution in [0.25, 0.3) is 0 Å². The summed E-state index contributed by atoms with van der Waals surface area (Å²) in [5.74, 6) is 0. The molecule has 0 rings (SSSR count). The first-order valence-corrected chi connectivity index (χ1v) is 6.23. The van der Waals surface area contributed by atoms with Crippen molar-refractivity contribution in [3.05, 3.63) is 0 Å². The van der Waals surface area contributed by atoms with Crippen LogP contribution in [-0.4, -0.2) is 38.0 Å². The van der Waals surface area contributed by atoms with Crippen molar-refractivity contribution in [2.75, 3.05) is 19.8 Å². The lowest BCUT2D eigenvalue weighted by Crippen LogP contribution is -2.27. The highest BCUT2D eigenvalue weighted by Crippen LogP contribution is 2.00. The molecule has 4 N–H and O–H groups in total. The zero-order chi connectivity index (χ0) is 12.4. The maximum absolute atomic E-state index is 5.65. The summed E-state index contributed by atoms with van der Waals surface area (Å²) in [6.45, 7) is 8.00. The van der Waals surface area contributed by atoms with Gasteiger partial charge in [0.2, 0.25) is 0 Å². The van der Waals surface area contributed by atoms with E-state index in [9.17, 15) is 0 Å². The molecule has 0 amide bonds. The van der Waals surface area contributed by atoms with Crippen molar-refractivity contribution in [1.82, 2.24) is 0 Å². The molecule has 0 aliphatic heterocycles. The summed E-state index contributed by atoms with van der Waals surface area (Å²) < 4.78 is 11.0. The Morgan fingerprint density at radius 1 is 0.938 bits per heavy atom. The second-order valence-corrected chi connectivity index (χ2v) is 4.67. The predicted molar refractivity (Wildman–Crippen MR) is 67.4 cm³/mol. The van der Waals surface area contributed by atoms with Gasteiger partial charge in [0.1, 0.15) is 0 Å². The molecule has 0 aliphatic carbocycles. The van der Waals surface area contributed by atoms with Gasteiger partial charge in [-0.15, -0.1) is 0 Å². The molecule has 4 heteroatoms. The van der Waals surface area contributed by atoms with Crippen LogP contribution in [0.15, 0.2) is 0 Å². The molecule has 0 saturated heterocycles. The highest BCUT2D eigenvalue weighted by Gasteiger charge is 2.03. The van der Waals surface area contributed by atoms with E-state index in [0.29, 0.717) is 19.3 Å². The lowest BCUT2D eigenvalue weighted by Gasteiger charge is -2.15. The van der Waals surface area contributed by atoms with Crippen LogP contribution in [0.5, 0.6) is 0 Å². The minimum atomic E-state index is 0.0912. The molecule has 3 atom stereocenters. The van der Waals surface area contributed by atoms with Crippen LogP contribution < -0.4 is 11.5 Å². The van der Waals surface area contributed by atoms with Gasteiger partial charge < -0.3 is 20.9 Å². The van der Waals surface area contributed by atoms with E-state index in [0.717, 1.165) is 25.9 Å². The van der Waals surface area contributed by atoms with Gasteiger partial charge >= 0.3 is 0 Å². The molecule has 0 aromatic rings. The van der Waals surface area contributed by atoms with E-state index in [2.05, 4.69) is 0 Å². The first-order valence-electron chi connectivity index (χ1n) is 6.23. The molecule has 0 heterocycles. The normalized spacial score (nSPS) is 17.1. The topological polar surface area (TPSA) is 70.5 Å². The molecule has 98 valence electrons. The third-order valence-corrected chi connectivity index (χ3v) is 2.19. The van der Waals surface area contributed by atoms with Crippen LogP contribution >= 0.6 is 0 Å². The van der Waals surface area contributed by atoms with Gasteiger partial charge in [0.25, 0.3) is 0 Å². The minimum Gasteiger partial charge on any atom is -0.379 e. The average molecular weight is 232 g/mol. The van der Waals surface area contributed by atoms with E-state index in [1.165, 1.54) is 0 Å². The van der Waals surface area contributed by atoms with Crippen molar-refractivity contribution in [2.24, 2.45) is 11.5 Å². The summed E-state index contributed by atoms with van der Waals surface area (Å²) in [6, 6.07) is 0.391. The molecule has 0 aliphatic rings. The van der Waals surface area contributed by atoms with E-state index in [4.69, 9.17) is 20.9 Å². The Labute approximate surface area is 99.7 Å². The van der Waals surface area contributed by atoms with Gasteiger partial charge in [-0.1, -0.05) is 0 Å². The van der Waals surface area contributed by atoms with Gasteiger partial charge in [0.05, 0.1) is 19.3 Å². The van der Waals surface area contributed by atoms with E-state index in [1.807, 2.05) is 20.8 Å². The van der Waals surface area contributed by atoms with Crippen molar-refractivity contribution in [2.45, 2.75) is 58.2 Å². The molecule has 0 bridgehead atoms. The van der Waals surface area contributed by atoms with Crippen LogP contribution in [0, 0.1) is 0 Å². The van der Waals surface area contributed by atoms with Gasteiger partial charge in [-0.05, 0) is 40.0 Å². The number of unbranched alkanes of at least 4 members (excludes halogenated alkanes) is 1. The average Bonchev–Trinajstić information content (AvgIpc) is 2.19. The van der Waals surface area contributed by atoms with E-state index >= 15 is 0 Å². The molecule has 0 saturated carbocycles. The Morgan fingerprint density at radius 3 is 2.19 bits per heavy atom. The highest BCUT2D eigenvalue weighted by molar-refractivity contribution is 4.55. The molecular formula is C12H28N2O2. The van der Waals surface area contributed by atoms with Gasteiger partial charge in [0, 0.05) is 18.7 Å². The maximum atomic E-state index is 5.65. The molecule has 16 heavy (non-hydrogen) atoms. The smallest absolute Gasteiger partial charge is 0.0781 e. The summed E-state index contributed by atoms with van der Waals surface area (Å²) in [5, 5.41) is 0. The lowest BCUT2D eigenvalue weighted by molar-refractivity contribution is -0.0108. The third kappa shape index (κ3) is 11.9. The monoisotopic (exact) mass is 232 g/mol. The van der Waals surface area contributed by atoms with Crippen molar-refractivity contribution < 1.29 is 9.47 Å². The summed E-state index contributed by atoms with van der Waals surface area (Å²) >= 11 is 0. The Bertz CT molecular complexity index is 152. The van der Waals surface area contributed by atoms with E-state index < -0.39 is 0 Å². The van der Waals surface area contributed by atoms with Crippen LogP contribution in [0.4, 0.5) is 0 Å². The molecule has 3 unspecified atom stereocenters. The Balaban J connectivity index is 3.18. The first-order chi connectivity index (χ1) is 7.52. The molecule has 0 fully saturated rings. The third-order valence-electron chi connectivity index (χ3n) is 2.19. The Morgan fingerprint density at radius 2 is 1.62 bits per heavy atom. The standard InChI is InChI=1S/C12H28N2O2/c1-10(13)6-4-5-7-15-9-12(3)16-8-11(2)14/h10-12H,4-9,13-14H2,1-3H3. The van der Waals surface area contributed by atoms with Gasteiger partial charge in [-0.3, -0.25) is 0 Å². The zero-order valence-corrected chi connectivity index (χ0v) is 10.9. The summed E-state index contributed by atoms with van der Waals surface area (Å²) in [7, 11) is 0. The largest absolute Gasteiger partial charge is 0.379 e. The fourth-order valence-electron chi connectivity index (χ4n) is 1.28. The number of nitrogens with two attached hydrogens (primary N) is 2. The van der Waals surface area contributed by atoms with Gasteiger partial charge in [-0.25, -0.2) is 0 Å².